The number of benzene rings is 1. The topological polar surface area (TPSA) is 71.1 Å². The van der Waals surface area contributed by atoms with E-state index < -0.39 is 0 Å². The van der Waals surface area contributed by atoms with Gasteiger partial charge in [0.2, 0.25) is 0 Å². The monoisotopic (exact) mass is 315 g/mol. The SMILES string of the molecule is COCC(C)N(C)c1ccc(/C(N)=N/O)cc1Br. The van der Waals surface area contributed by atoms with Gasteiger partial charge < -0.3 is 20.6 Å². The van der Waals surface area contributed by atoms with Gasteiger partial charge in [-0.15, -0.1) is 0 Å². The summed E-state index contributed by atoms with van der Waals surface area (Å²) in [6, 6.07) is 5.80. The van der Waals surface area contributed by atoms with Crippen LogP contribution in [0.2, 0.25) is 0 Å². The molecule has 0 fully saturated rings. The summed E-state index contributed by atoms with van der Waals surface area (Å²) in [5, 5.41) is 11.6. The van der Waals surface area contributed by atoms with Crippen LogP contribution in [0, 0.1) is 0 Å². The van der Waals surface area contributed by atoms with Gasteiger partial charge in [0.1, 0.15) is 0 Å². The number of rotatable bonds is 5. The Morgan fingerprint density at radius 2 is 2.28 bits per heavy atom. The summed E-state index contributed by atoms with van der Waals surface area (Å²) in [6.45, 7) is 2.72. The number of oxime groups is 1. The fourth-order valence-corrected chi connectivity index (χ4v) is 2.26. The first kappa shape index (κ1) is 14.8. The van der Waals surface area contributed by atoms with Crippen LogP contribution in [0.3, 0.4) is 0 Å². The summed E-state index contributed by atoms with van der Waals surface area (Å²) in [7, 11) is 3.67. The second kappa shape index (κ2) is 6.61. The Morgan fingerprint density at radius 3 is 2.78 bits per heavy atom. The lowest BCUT2D eigenvalue weighted by atomic mass is 10.1. The smallest absolute Gasteiger partial charge is 0.170 e. The van der Waals surface area contributed by atoms with E-state index in [2.05, 4.69) is 32.9 Å². The van der Waals surface area contributed by atoms with E-state index in [4.69, 9.17) is 15.7 Å². The zero-order chi connectivity index (χ0) is 13.7. The fraction of sp³-hybridized carbons (Fsp3) is 0.417. The summed E-state index contributed by atoms with van der Waals surface area (Å²) in [4.78, 5) is 2.10. The highest BCUT2D eigenvalue weighted by molar-refractivity contribution is 9.10. The largest absolute Gasteiger partial charge is 0.409 e. The van der Waals surface area contributed by atoms with E-state index in [1.165, 1.54) is 0 Å². The predicted octanol–water partition coefficient (Wildman–Crippen LogP) is 2.01. The number of ether oxygens (including phenoxy) is 1. The fourth-order valence-electron chi connectivity index (χ4n) is 1.60. The van der Waals surface area contributed by atoms with Gasteiger partial charge >= 0.3 is 0 Å². The molecule has 6 heteroatoms. The number of anilines is 1. The molecule has 3 N–H and O–H groups in total. The van der Waals surface area contributed by atoms with Crippen molar-refractivity contribution in [1.82, 2.24) is 0 Å². The normalized spacial score (nSPS) is 13.4. The number of nitrogens with zero attached hydrogens (tertiary/aromatic N) is 2. The average molecular weight is 316 g/mol. The highest BCUT2D eigenvalue weighted by Gasteiger charge is 2.13. The van der Waals surface area contributed by atoms with Gasteiger partial charge in [-0.05, 0) is 41.1 Å². The molecule has 0 heterocycles. The molecule has 0 aliphatic heterocycles. The van der Waals surface area contributed by atoms with Crippen LogP contribution in [0.5, 0.6) is 0 Å². The molecule has 5 nitrogen and oxygen atoms in total. The van der Waals surface area contributed by atoms with Gasteiger partial charge in [0.05, 0.1) is 12.3 Å². The summed E-state index contributed by atoms with van der Waals surface area (Å²) in [5.74, 6) is 0.0924. The lowest BCUT2D eigenvalue weighted by Crippen LogP contribution is -2.32. The van der Waals surface area contributed by atoms with E-state index in [-0.39, 0.29) is 11.9 Å². The summed E-state index contributed by atoms with van der Waals surface area (Å²) >= 11 is 3.49. The molecule has 0 amide bonds. The first-order chi connectivity index (χ1) is 8.51. The van der Waals surface area contributed by atoms with Crippen LogP contribution in [0.15, 0.2) is 27.8 Å². The zero-order valence-electron chi connectivity index (χ0n) is 10.7. The molecule has 1 rings (SSSR count). The molecule has 1 aromatic carbocycles. The van der Waals surface area contributed by atoms with Crippen LogP contribution in [0.4, 0.5) is 5.69 Å². The van der Waals surface area contributed by atoms with Crippen LogP contribution < -0.4 is 10.6 Å². The summed E-state index contributed by atoms with van der Waals surface area (Å²) in [6.07, 6.45) is 0. The van der Waals surface area contributed by atoms with Crippen molar-refractivity contribution in [2.45, 2.75) is 13.0 Å². The molecule has 0 radical (unpaired) electrons. The number of hydrogen-bond acceptors (Lipinski definition) is 4. The third-order valence-electron chi connectivity index (χ3n) is 2.80. The Hall–Kier alpha value is -1.27. The molecular formula is C12H18BrN3O2. The van der Waals surface area contributed by atoms with Crippen LogP contribution >= 0.6 is 15.9 Å². The number of halogens is 1. The van der Waals surface area contributed by atoms with Crippen molar-refractivity contribution in [3.05, 3.63) is 28.2 Å². The lowest BCUT2D eigenvalue weighted by Gasteiger charge is -2.27. The van der Waals surface area contributed by atoms with Crippen molar-refractivity contribution in [3.8, 4) is 0 Å². The second-order valence-corrected chi connectivity index (χ2v) is 4.92. The maximum atomic E-state index is 8.64. The van der Waals surface area contributed by atoms with Gasteiger partial charge in [-0.2, -0.15) is 0 Å². The Morgan fingerprint density at radius 1 is 1.61 bits per heavy atom. The maximum absolute atomic E-state index is 8.64. The third-order valence-corrected chi connectivity index (χ3v) is 3.44. The van der Waals surface area contributed by atoms with Crippen LogP contribution in [0.25, 0.3) is 0 Å². The highest BCUT2D eigenvalue weighted by atomic mass is 79.9. The highest BCUT2D eigenvalue weighted by Crippen LogP contribution is 2.27. The molecule has 0 spiro atoms. The van der Waals surface area contributed by atoms with Crippen molar-refractivity contribution >= 4 is 27.5 Å². The lowest BCUT2D eigenvalue weighted by molar-refractivity contribution is 0.183. The van der Waals surface area contributed by atoms with E-state index in [9.17, 15) is 0 Å². The maximum Gasteiger partial charge on any atom is 0.170 e. The first-order valence-electron chi connectivity index (χ1n) is 5.50. The van der Waals surface area contributed by atoms with Crippen molar-refractivity contribution < 1.29 is 9.94 Å². The second-order valence-electron chi connectivity index (χ2n) is 4.07. The third kappa shape index (κ3) is 3.36. The number of hydrogen-bond donors (Lipinski definition) is 2. The molecule has 0 bridgehead atoms. The zero-order valence-corrected chi connectivity index (χ0v) is 12.3. The molecule has 0 aromatic heterocycles. The summed E-state index contributed by atoms with van der Waals surface area (Å²) < 4.78 is 6.02. The molecule has 0 aliphatic carbocycles. The van der Waals surface area contributed by atoms with Crippen LogP contribution in [0.1, 0.15) is 12.5 Å². The van der Waals surface area contributed by atoms with Crippen molar-refractivity contribution in [1.29, 1.82) is 0 Å². The van der Waals surface area contributed by atoms with Crippen LogP contribution in [-0.2, 0) is 4.74 Å². The first-order valence-corrected chi connectivity index (χ1v) is 6.29. The van der Waals surface area contributed by atoms with Gasteiger partial charge in [0.25, 0.3) is 0 Å². The Bertz CT molecular complexity index is 437. The molecule has 0 aliphatic rings. The van der Waals surface area contributed by atoms with Crippen molar-refractivity contribution in [2.24, 2.45) is 10.9 Å². The Balaban J connectivity index is 2.98. The molecule has 100 valence electrons. The van der Waals surface area contributed by atoms with Gasteiger partial charge in [-0.25, -0.2) is 0 Å². The van der Waals surface area contributed by atoms with E-state index >= 15 is 0 Å². The minimum absolute atomic E-state index is 0.0924. The molecule has 0 saturated heterocycles. The Kier molecular flexibility index (Phi) is 5.43. The van der Waals surface area contributed by atoms with E-state index in [1.54, 1.807) is 7.11 Å². The molecule has 18 heavy (non-hydrogen) atoms. The van der Waals surface area contributed by atoms with Crippen molar-refractivity contribution in [2.75, 3.05) is 25.7 Å². The van der Waals surface area contributed by atoms with Gasteiger partial charge in [-0.3, -0.25) is 0 Å². The standard InChI is InChI=1S/C12H18BrN3O2/c1-8(7-18-3)16(2)11-5-4-9(6-10(11)13)12(14)15-17/h4-6,8,17H,7H2,1-3H3,(H2,14,15). The number of methoxy groups -OCH3 is 1. The van der Waals surface area contributed by atoms with Crippen LogP contribution in [-0.4, -0.2) is 37.8 Å². The molecule has 1 atom stereocenters. The molecule has 0 saturated carbocycles. The average Bonchev–Trinajstić information content (AvgIpc) is 2.37. The van der Waals surface area contributed by atoms with E-state index in [0.29, 0.717) is 12.2 Å². The van der Waals surface area contributed by atoms with Gasteiger partial charge in [-0.1, -0.05) is 5.16 Å². The molecule has 1 aromatic rings. The molecular weight excluding hydrogens is 298 g/mol. The number of nitrogens with two attached hydrogens (primary N) is 1. The number of amidine groups is 1. The minimum atomic E-state index is 0.0924. The van der Waals surface area contributed by atoms with Gasteiger partial charge in [0.15, 0.2) is 5.84 Å². The quantitative estimate of drug-likeness (QED) is 0.377. The van der Waals surface area contributed by atoms with E-state index in [0.717, 1.165) is 10.2 Å². The molecule has 1 unspecified atom stereocenters. The summed E-state index contributed by atoms with van der Waals surface area (Å²) in [5.41, 5.74) is 7.23. The minimum Gasteiger partial charge on any atom is -0.409 e. The van der Waals surface area contributed by atoms with Gasteiger partial charge in [0, 0.05) is 30.2 Å². The Labute approximate surface area is 115 Å². The van der Waals surface area contributed by atoms with Crippen molar-refractivity contribution in [3.63, 3.8) is 0 Å². The van der Waals surface area contributed by atoms with E-state index in [1.807, 2.05) is 25.2 Å². The predicted molar refractivity (Wildman–Crippen MR) is 76.4 cm³/mol. The number of likely N-dealkylation sites (N-methyl/N-ethyl adjacent to an activating group) is 1.